The van der Waals surface area contributed by atoms with Crippen molar-refractivity contribution in [3.63, 3.8) is 0 Å². The summed E-state index contributed by atoms with van der Waals surface area (Å²) in [7, 11) is 8.00. The van der Waals surface area contributed by atoms with Crippen molar-refractivity contribution < 1.29 is 17.7 Å². The molecule has 0 aromatic rings. The third kappa shape index (κ3) is 19.9. The van der Waals surface area contributed by atoms with Crippen LogP contribution in [-0.2, 0) is 17.7 Å². The Hall–Kier alpha value is 1.51. The molecule has 0 fully saturated rings. The minimum Gasteiger partial charge on any atom is -0.400 e. The second-order valence-corrected chi connectivity index (χ2v) is 20.6. The van der Waals surface area contributed by atoms with Gasteiger partial charge in [0.15, 0.2) is 0 Å². The Bertz CT molecular complexity index is 538. The van der Waals surface area contributed by atoms with Gasteiger partial charge in [-0.1, -0.05) is 77.0 Å². The van der Waals surface area contributed by atoms with Gasteiger partial charge in [-0.25, -0.2) is 0 Å². The van der Waals surface area contributed by atoms with Crippen LogP contribution in [0.2, 0.25) is 12.1 Å². The molecule has 0 aliphatic rings. The van der Waals surface area contributed by atoms with E-state index in [9.17, 15) is 0 Å². The van der Waals surface area contributed by atoms with Crippen molar-refractivity contribution in [2.24, 2.45) is 0 Å². The number of hydrogen-bond donors (Lipinski definition) is 0. The fourth-order valence-corrected chi connectivity index (χ4v) is 14.8. The van der Waals surface area contributed by atoms with Gasteiger partial charge in [-0.3, -0.25) is 19.6 Å². The van der Waals surface area contributed by atoms with E-state index in [0.717, 1.165) is 102 Å². The summed E-state index contributed by atoms with van der Waals surface area (Å²) in [6, 6.07) is 2.12. The topological polar surface area (TPSA) is 49.9 Å². The first kappa shape index (κ1) is 43.5. The first-order valence-corrected chi connectivity index (χ1v) is 24.9. The maximum atomic E-state index is 6.61. The van der Waals surface area contributed by atoms with Gasteiger partial charge in [0.05, 0.1) is 0 Å². The predicted octanol–water partition coefficient (Wildman–Crippen LogP) is 6.23. The highest BCUT2D eigenvalue weighted by molar-refractivity contribution is 9.26. The molecule has 0 heterocycles. The number of rotatable bonds is 31. The van der Waals surface area contributed by atoms with Crippen LogP contribution in [0.25, 0.3) is 0 Å². The lowest BCUT2D eigenvalue weighted by atomic mass is 10.4. The van der Waals surface area contributed by atoms with Crippen molar-refractivity contribution in [3.8, 4) is 0 Å². The first-order chi connectivity index (χ1) is 20.4. The summed E-state index contributed by atoms with van der Waals surface area (Å²) in [5, 5.41) is 0. The highest BCUT2D eigenvalue weighted by atomic mass is 33.7. The van der Waals surface area contributed by atoms with Crippen LogP contribution in [0.5, 0.6) is 0 Å². The molecule has 4 atom stereocenters. The SMILES string of the molecule is CCN(CC)CC(O[SiH](CCCSSSSCCC[SiH](OC)OC(CN(CC)CC)N(CC)CC)OC)N(CC)CC. The van der Waals surface area contributed by atoms with Crippen molar-refractivity contribution in [2.75, 3.05) is 91.2 Å². The van der Waals surface area contributed by atoms with Gasteiger partial charge < -0.3 is 17.7 Å². The van der Waals surface area contributed by atoms with Crippen LogP contribution >= 0.6 is 41.2 Å². The van der Waals surface area contributed by atoms with E-state index in [0.29, 0.717) is 0 Å². The van der Waals surface area contributed by atoms with E-state index in [2.05, 4.69) is 75.0 Å². The summed E-state index contributed by atoms with van der Waals surface area (Å²) >= 11 is 0. The largest absolute Gasteiger partial charge is 0.400 e. The van der Waals surface area contributed by atoms with E-state index in [-0.39, 0.29) is 12.5 Å². The van der Waals surface area contributed by atoms with E-state index in [4.69, 9.17) is 17.7 Å². The van der Waals surface area contributed by atoms with E-state index < -0.39 is 18.6 Å². The average molecular weight is 707 g/mol. The van der Waals surface area contributed by atoms with Crippen LogP contribution < -0.4 is 0 Å². The quantitative estimate of drug-likeness (QED) is 0.0356. The lowest BCUT2D eigenvalue weighted by molar-refractivity contribution is -0.0109. The van der Waals surface area contributed by atoms with Crippen molar-refractivity contribution in [1.82, 2.24) is 19.6 Å². The fourth-order valence-electron chi connectivity index (χ4n) is 4.71. The summed E-state index contributed by atoms with van der Waals surface area (Å²) in [5.41, 5.74) is 0. The lowest BCUT2D eigenvalue weighted by Gasteiger charge is -2.35. The highest BCUT2D eigenvalue weighted by Gasteiger charge is 2.25. The fraction of sp³-hybridized carbons (Fsp3) is 1.00. The summed E-state index contributed by atoms with van der Waals surface area (Å²) in [4.78, 5) is 9.75. The lowest BCUT2D eigenvalue weighted by Crippen LogP contribution is -2.48. The van der Waals surface area contributed by atoms with Gasteiger partial charge in [0, 0.05) is 38.8 Å². The van der Waals surface area contributed by atoms with Crippen molar-refractivity contribution >= 4 is 59.8 Å². The molecule has 0 N–H and O–H groups in total. The van der Waals surface area contributed by atoms with E-state index in [1.54, 1.807) is 0 Å². The Labute approximate surface area is 279 Å². The highest BCUT2D eigenvalue weighted by Crippen LogP contribution is 2.43. The Balaban J connectivity index is 4.32. The summed E-state index contributed by atoms with van der Waals surface area (Å²) in [6.07, 6.45) is 2.54. The molecule has 4 unspecified atom stereocenters. The molecule has 8 nitrogen and oxygen atoms in total. The zero-order chi connectivity index (χ0) is 31.6. The van der Waals surface area contributed by atoms with E-state index in [1.807, 2.05) is 55.5 Å². The maximum Gasteiger partial charge on any atom is 0.322 e. The molecule has 0 aromatic carbocycles. The van der Waals surface area contributed by atoms with Gasteiger partial charge in [0.2, 0.25) is 0 Å². The second kappa shape index (κ2) is 29.9. The number of likely N-dealkylation sites (N-methyl/N-ethyl adjacent to an activating group) is 4. The molecule has 0 bridgehead atoms. The predicted molar refractivity (Wildman–Crippen MR) is 198 cm³/mol. The van der Waals surface area contributed by atoms with Crippen molar-refractivity contribution in [1.29, 1.82) is 0 Å². The molecule has 0 radical (unpaired) electrons. The number of hydrogen-bond acceptors (Lipinski definition) is 12. The molecule has 0 aromatic heterocycles. The standard InChI is InChI=1S/C28H66N4O4S4Si2/c1-11-29(12-2)25-27(31(15-5)16-6)35-41(33-9)23-19-21-37-39-40-38-22-20-24-42(34-10)36-28(32(17-7)18-8)26-30(13-3)14-4/h27-28,41-42H,11-26H2,1-10H3. The van der Waals surface area contributed by atoms with E-state index in [1.165, 1.54) is 0 Å². The van der Waals surface area contributed by atoms with Crippen molar-refractivity contribution in [2.45, 2.75) is 92.8 Å². The Morgan fingerprint density at radius 1 is 0.524 bits per heavy atom. The molecule has 0 aliphatic carbocycles. The van der Waals surface area contributed by atoms with Crippen molar-refractivity contribution in [3.05, 3.63) is 0 Å². The molecular weight excluding hydrogens is 641 g/mol. The molecule has 0 amide bonds. The molecule has 14 heteroatoms. The Morgan fingerprint density at radius 3 is 1.12 bits per heavy atom. The number of nitrogens with zero attached hydrogens (tertiary/aromatic N) is 4. The molecule has 254 valence electrons. The van der Waals surface area contributed by atoms with Crippen LogP contribution in [-0.4, -0.2) is 142 Å². The van der Waals surface area contributed by atoms with Gasteiger partial charge in [-0.05, 0) is 96.9 Å². The monoisotopic (exact) mass is 706 g/mol. The normalized spacial score (nSPS) is 15.3. The summed E-state index contributed by atoms with van der Waals surface area (Å²) in [5.74, 6) is 2.26. The van der Waals surface area contributed by atoms with Crippen LogP contribution in [0.4, 0.5) is 0 Å². The third-order valence-electron chi connectivity index (χ3n) is 7.66. The molecule has 0 aliphatic heterocycles. The van der Waals surface area contributed by atoms with Crippen LogP contribution in [0, 0.1) is 0 Å². The van der Waals surface area contributed by atoms with Gasteiger partial charge >= 0.3 is 18.6 Å². The van der Waals surface area contributed by atoms with Gasteiger partial charge in [-0.2, -0.15) is 0 Å². The van der Waals surface area contributed by atoms with Gasteiger partial charge in [0.25, 0.3) is 0 Å². The van der Waals surface area contributed by atoms with Crippen LogP contribution in [0.1, 0.15) is 68.2 Å². The third-order valence-corrected chi connectivity index (χ3v) is 18.3. The maximum absolute atomic E-state index is 6.61. The molecule has 0 rings (SSSR count). The Kier molecular flexibility index (Phi) is 31.0. The molecule has 0 saturated carbocycles. The summed E-state index contributed by atoms with van der Waals surface area (Å²) in [6.45, 7) is 27.9. The Morgan fingerprint density at radius 2 is 0.857 bits per heavy atom. The van der Waals surface area contributed by atoms with Crippen LogP contribution in [0.15, 0.2) is 0 Å². The van der Waals surface area contributed by atoms with Crippen LogP contribution in [0.3, 0.4) is 0 Å². The minimum absolute atomic E-state index is 0.127. The molecular formula is C28H66N4O4S4Si2. The second-order valence-electron chi connectivity index (χ2n) is 9.99. The smallest absolute Gasteiger partial charge is 0.322 e. The zero-order valence-electron chi connectivity index (χ0n) is 28.7. The zero-order valence-corrected chi connectivity index (χ0v) is 34.3. The molecule has 42 heavy (non-hydrogen) atoms. The summed E-state index contributed by atoms with van der Waals surface area (Å²) < 4.78 is 25.0. The van der Waals surface area contributed by atoms with Gasteiger partial charge in [0.1, 0.15) is 12.5 Å². The molecule has 0 saturated heterocycles. The average Bonchev–Trinajstić information content (AvgIpc) is 3.02. The minimum atomic E-state index is -1.69. The first-order valence-electron chi connectivity index (χ1n) is 16.3. The molecule has 0 spiro atoms. The van der Waals surface area contributed by atoms with Gasteiger partial charge in [-0.15, -0.1) is 0 Å². The van der Waals surface area contributed by atoms with E-state index >= 15 is 0 Å².